The summed E-state index contributed by atoms with van der Waals surface area (Å²) in [5.74, 6) is 0.557. The van der Waals surface area contributed by atoms with Gasteiger partial charge in [0.2, 0.25) is 0 Å². The van der Waals surface area contributed by atoms with E-state index in [-0.39, 0.29) is 7.92 Å². The van der Waals surface area contributed by atoms with Gasteiger partial charge in [0.1, 0.15) is 0 Å². The van der Waals surface area contributed by atoms with Crippen molar-refractivity contribution in [3.05, 3.63) is 85.0 Å². The summed E-state index contributed by atoms with van der Waals surface area (Å²) in [6.07, 6.45) is 8.99. The molecule has 0 spiro atoms. The SMILES string of the molecule is C[C@H](C1C=CC=C1)P(c1ccccc1)c1ccccc1. The molecule has 1 aliphatic rings. The van der Waals surface area contributed by atoms with Crippen molar-refractivity contribution in [1.29, 1.82) is 0 Å². The van der Waals surface area contributed by atoms with E-state index in [0.717, 1.165) is 0 Å². The lowest BCUT2D eigenvalue weighted by Crippen LogP contribution is -2.23. The van der Waals surface area contributed by atoms with Crippen LogP contribution in [0.3, 0.4) is 0 Å². The summed E-state index contributed by atoms with van der Waals surface area (Å²) in [4.78, 5) is 0. The van der Waals surface area contributed by atoms with Crippen LogP contribution in [0.15, 0.2) is 85.0 Å². The van der Waals surface area contributed by atoms with Gasteiger partial charge in [-0.2, -0.15) is 0 Å². The highest BCUT2D eigenvalue weighted by Gasteiger charge is 2.25. The zero-order chi connectivity index (χ0) is 13.8. The summed E-state index contributed by atoms with van der Waals surface area (Å²) < 4.78 is 0. The molecule has 0 saturated carbocycles. The Morgan fingerprint density at radius 1 is 0.750 bits per heavy atom. The van der Waals surface area contributed by atoms with Gasteiger partial charge in [0.25, 0.3) is 0 Å². The Morgan fingerprint density at radius 2 is 1.20 bits per heavy atom. The average Bonchev–Trinajstić information content (AvgIpc) is 3.04. The van der Waals surface area contributed by atoms with Crippen molar-refractivity contribution in [2.24, 2.45) is 5.92 Å². The zero-order valence-electron chi connectivity index (χ0n) is 11.7. The van der Waals surface area contributed by atoms with Crippen molar-refractivity contribution >= 4 is 18.5 Å². The third kappa shape index (κ3) is 2.76. The molecular weight excluding hydrogens is 259 g/mol. The van der Waals surface area contributed by atoms with Crippen LogP contribution in [0, 0.1) is 5.92 Å². The smallest absolute Gasteiger partial charge is 0.00237 e. The minimum Gasteiger partial charge on any atom is -0.0770 e. The molecule has 2 aromatic carbocycles. The second-order valence-electron chi connectivity index (χ2n) is 5.13. The van der Waals surface area contributed by atoms with Crippen molar-refractivity contribution in [1.82, 2.24) is 0 Å². The molecule has 100 valence electrons. The summed E-state index contributed by atoms with van der Waals surface area (Å²) in [6.45, 7) is 2.39. The van der Waals surface area contributed by atoms with Gasteiger partial charge in [0.05, 0.1) is 0 Å². The highest BCUT2D eigenvalue weighted by molar-refractivity contribution is 7.73. The largest absolute Gasteiger partial charge is 0.0770 e. The number of hydrogen-bond donors (Lipinski definition) is 0. The van der Waals surface area contributed by atoms with Gasteiger partial charge in [-0.3, -0.25) is 0 Å². The van der Waals surface area contributed by atoms with Crippen LogP contribution in [-0.2, 0) is 0 Å². The molecule has 0 aromatic heterocycles. The van der Waals surface area contributed by atoms with E-state index in [2.05, 4.69) is 91.9 Å². The fourth-order valence-corrected chi connectivity index (χ4v) is 5.51. The minimum absolute atomic E-state index is 0.326. The van der Waals surface area contributed by atoms with E-state index >= 15 is 0 Å². The molecule has 1 heteroatoms. The van der Waals surface area contributed by atoms with Crippen molar-refractivity contribution in [3.63, 3.8) is 0 Å². The number of allylic oxidation sites excluding steroid dienone is 4. The molecule has 0 unspecified atom stereocenters. The van der Waals surface area contributed by atoms with Gasteiger partial charge in [-0.25, -0.2) is 0 Å². The van der Waals surface area contributed by atoms with E-state index in [0.29, 0.717) is 11.6 Å². The van der Waals surface area contributed by atoms with Gasteiger partial charge in [-0.15, -0.1) is 0 Å². The second kappa shape index (κ2) is 6.20. The number of hydrogen-bond acceptors (Lipinski definition) is 0. The van der Waals surface area contributed by atoms with E-state index in [1.165, 1.54) is 10.6 Å². The third-order valence-electron chi connectivity index (χ3n) is 3.81. The Balaban J connectivity index is 2.00. The summed E-state index contributed by atoms with van der Waals surface area (Å²) >= 11 is 0. The molecule has 1 aliphatic carbocycles. The molecular formula is C19H19P. The van der Waals surface area contributed by atoms with Crippen molar-refractivity contribution < 1.29 is 0 Å². The zero-order valence-corrected chi connectivity index (χ0v) is 12.6. The van der Waals surface area contributed by atoms with E-state index in [4.69, 9.17) is 0 Å². The summed E-state index contributed by atoms with van der Waals surface area (Å²) in [5, 5.41) is 2.94. The Labute approximate surface area is 122 Å². The third-order valence-corrected chi connectivity index (χ3v) is 6.68. The maximum atomic E-state index is 2.39. The molecule has 0 amide bonds. The lowest BCUT2D eigenvalue weighted by atomic mass is 10.1. The Kier molecular flexibility index (Phi) is 4.14. The molecule has 0 heterocycles. The van der Waals surface area contributed by atoms with Crippen LogP contribution in [0.5, 0.6) is 0 Å². The van der Waals surface area contributed by atoms with Crippen molar-refractivity contribution in [2.75, 3.05) is 0 Å². The van der Waals surface area contributed by atoms with E-state index in [1.54, 1.807) is 0 Å². The quantitative estimate of drug-likeness (QED) is 0.733. The lowest BCUT2D eigenvalue weighted by molar-refractivity contribution is 0.798. The van der Waals surface area contributed by atoms with Gasteiger partial charge in [-0.1, -0.05) is 91.9 Å². The Hall–Kier alpha value is -1.65. The maximum absolute atomic E-state index is 2.39. The van der Waals surface area contributed by atoms with Crippen LogP contribution >= 0.6 is 7.92 Å². The lowest BCUT2D eigenvalue weighted by Gasteiger charge is -2.28. The molecule has 0 fully saturated rings. The minimum atomic E-state index is -0.326. The van der Waals surface area contributed by atoms with Crippen molar-refractivity contribution in [2.45, 2.75) is 12.6 Å². The molecule has 1 atom stereocenters. The van der Waals surface area contributed by atoms with E-state index < -0.39 is 0 Å². The predicted molar refractivity (Wildman–Crippen MR) is 90.3 cm³/mol. The van der Waals surface area contributed by atoms with Crippen LogP contribution in [0.2, 0.25) is 0 Å². The standard InChI is InChI=1S/C19H19P/c1-16(17-10-8-9-11-17)20(18-12-4-2-5-13-18)19-14-6-3-7-15-19/h2-17H,1H3/t16-/m1/s1. The van der Waals surface area contributed by atoms with Crippen LogP contribution in [0.4, 0.5) is 0 Å². The van der Waals surface area contributed by atoms with Gasteiger partial charge in [0, 0.05) is 5.92 Å². The predicted octanol–water partition coefficient (Wildman–Crippen LogP) is 4.25. The van der Waals surface area contributed by atoms with Gasteiger partial charge in [0.15, 0.2) is 0 Å². The first-order chi connectivity index (χ1) is 9.86. The summed E-state index contributed by atoms with van der Waals surface area (Å²) in [7, 11) is -0.326. The van der Waals surface area contributed by atoms with Gasteiger partial charge in [-0.05, 0) is 24.2 Å². The van der Waals surface area contributed by atoms with Crippen LogP contribution < -0.4 is 10.6 Å². The van der Waals surface area contributed by atoms with Crippen LogP contribution in [0.25, 0.3) is 0 Å². The fraction of sp³-hybridized carbons (Fsp3) is 0.158. The highest BCUT2D eigenvalue weighted by atomic mass is 31.1. The first-order valence-corrected chi connectivity index (χ1v) is 8.51. The van der Waals surface area contributed by atoms with Gasteiger partial charge < -0.3 is 0 Å². The first-order valence-electron chi connectivity index (χ1n) is 7.10. The Bertz CT molecular complexity index is 547. The molecule has 0 N–H and O–H groups in total. The van der Waals surface area contributed by atoms with Crippen LogP contribution in [0.1, 0.15) is 6.92 Å². The highest BCUT2D eigenvalue weighted by Crippen LogP contribution is 2.44. The fourth-order valence-electron chi connectivity index (χ4n) is 2.74. The van der Waals surface area contributed by atoms with Gasteiger partial charge >= 0.3 is 0 Å². The molecule has 0 aliphatic heterocycles. The second-order valence-corrected chi connectivity index (χ2v) is 7.72. The topological polar surface area (TPSA) is 0 Å². The molecule has 0 saturated heterocycles. The molecule has 3 rings (SSSR count). The average molecular weight is 278 g/mol. The van der Waals surface area contributed by atoms with Crippen LogP contribution in [-0.4, -0.2) is 5.66 Å². The Morgan fingerprint density at radius 3 is 1.65 bits per heavy atom. The number of rotatable bonds is 4. The molecule has 0 bridgehead atoms. The van der Waals surface area contributed by atoms with E-state index in [1.807, 2.05) is 0 Å². The normalized spacial score (nSPS) is 15.9. The summed E-state index contributed by atoms with van der Waals surface area (Å²) in [5.41, 5.74) is 0.616. The molecule has 0 radical (unpaired) electrons. The number of benzene rings is 2. The summed E-state index contributed by atoms with van der Waals surface area (Å²) in [6, 6.07) is 21.9. The van der Waals surface area contributed by atoms with E-state index in [9.17, 15) is 0 Å². The van der Waals surface area contributed by atoms with Crippen molar-refractivity contribution in [3.8, 4) is 0 Å². The maximum Gasteiger partial charge on any atom is 0.00237 e. The monoisotopic (exact) mass is 278 g/mol. The molecule has 2 aromatic rings. The molecule has 0 nitrogen and oxygen atoms in total. The molecule has 20 heavy (non-hydrogen) atoms. The first kappa shape index (κ1) is 13.3.